The Balaban J connectivity index is 1.59. The second-order valence-electron chi connectivity index (χ2n) is 7.35. The van der Waals surface area contributed by atoms with Crippen LogP contribution in [0, 0.1) is 0 Å². The first-order valence-corrected chi connectivity index (χ1v) is 9.74. The van der Waals surface area contributed by atoms with Crippen molar-refractivity contribution in [3.8, 4) is 5.75 Å². The van der Waals surface area contributed by atoms with Crippen molar-refractivity contribution >= 4 is 28.0 Å². The number of carbonyl (C=O) groups is 1. The van der Waals surface area contributed by atoms with Crippen molar-refractivity contribution in [1.82, 2.24) is 24.7 Å². The zero-order valence-corrected chi connectivity index (χ0v) is 16.3. The Labute approximate surface area is 167 Å². The fourth-order valence-electron chi connectivity index (χ4n) is 4.22. The smallest absolute Gasteiger partial charge is 0.368 e. The molecule has 1 aliphatic carbocycles. The van der Waals surface area contributed by atoms with Gasteiger partial charge in [0.05, 0.1) is 12.7 Å². The molecule has 1 aliphatic rings. The molecule has 0 atom stereocenters. The number of rotatable bonds is 4. The van der Waals surface area contributed by atoms with Crippen LogP contribution in [0.3, 0.4) is 0 Å². The number of para-hydroxylation sites is 1. The van der Waals surface area contributed by atoms with Crippen LogP contribution in [0.2, 0.25) is 0 Å². The van der Waals surface area contributed by atoms with Gasteiger partial charge in [0, 0.05) is 13.0 Å². The van der Waals surface area contributed by atoms with Crippen LogP contribution in [0.1, 0.15) is 47.8 Å². The zero-order chi connectivity index (χ0) is 20.0. The molecule has 2 aromatic heterocycles. The molecule has 1 fully saturated rings. The first-order chi connectivity index (χ1) is 14.2. The van der Waals surface area contributed by atoms with Crippen LogP contribution in [0.25, 0.3) is 22.1 Å². The molecule has 148 valence electrons. The second kappa shape index (κ2) is 6.88. The van der Waals surface area contributed by atoms with Crippen LogP contribution in [-0.4, -0.2) is 37.8 Å². The first kappa shape index (κ1) is 17.7. The summed E-state index contributed by atoms with van der Waals surface area (Å²) in [6, 6.07) is 10.8. The summed E-state index contributed by atoms with van der Waals surface area (Å²) < 4.78 is 7.59. The number of nitrogens with zero attached hydrogens (tertiary/aromatic N) is 5. The van der Waals surface area contributed by atoms with Crippen molar-refractivity contribution in [3.05, 3.63) is 47.8 Å². The lowest BCUT2D eigenvalue weighted by molar-refractivity contribution is 0.0411. The van der Waals surface area contributed by atoms with E-state index in [1.54, 1.807) is 25.3 Å². The summed E-state index contributed by atoms with van der Waals surface area (Å²) in [6.07, 6.45) is 4.65. The van der Waals surface area contributed by atoms with Gasteiger partial charge in [-0.1, -0.05) is 29.8 Å². The lowest BCUT2D eigenvalue weighted by Crippen LogP contribution is -2.21. The van der Waals surface area contributed by atoms with Crippen molar-refractivity contribution in [3.63, 3.8) is 0 Å². The molecule has 0 N–H and O–H groups in total. The summed E-state index contributed by atoms with van der Waals surface area (Å²) in [5.74, 6) is 1.54. The highest BCUT2D eigenvalue weighted by atomic mass is 16.7. The Morgan fingerprint density at radius 2 is 1.93 bits per heavy atom. The van der Waals surface area contributed by atoms with Gasteiger partial charge in [0.25, 0.3) is 0 Å². The topological polar surface area (TPSA) is 84.1 Å². The minimum atomic E-state index is -0.538. The van der Waals surface area contributed by atoms with Crippen LogP contribution in [-0.2, 0) is 7.05 Å². The highest BCUT2D eigenvalue weighted by Gasteiger charge is 2.27. The highest BCUT2D eigenvalue weighted by Crippen LogP contribution is 2.37. The average Bonchev–Trinajstić information content (AvgIpc) is 3.47. The summed E-state index contributed by atoms with van der Waals surface area (Å²) in [5, 5.41) is 7.96. The predicted molar refractivity (Wildman–Crippen MR) is 107 cm³/mol. The Kier molecular flexibility index (Phi) is 4.19. The normalized spacial score (nSPS) is 14.7. The third-order valence-electron chi connectivity index (χ3n) is 5.67. The Morgan fingerprint density at radius 1 is 1.14 bits per heavy atom. The summed E-state index contributed by atoms with van der Waals surface area (Å²) in [5.41, 5.74) is 3.04. The number of benzene rings is 2. The molecule has 1 saturated carbocycles. The molecule has 5 rings (SSSR count). The van der Waals surface area contributed by atoms with Crippen LogP contribution in [0.15, 0.2) is 36.4 Å². The van der Waals surface area contributed by atoms with E-state index < -0.39 is 5.97 Å². The number of aryl methyl sites for hydroxylation is 1. The molecule has 0 bridgehead atoms. The number of hydrogen-bond acceptors (Lipinski definition) is 6. The van der Waals surface area contributed by atoms with E-state index in [1.807, 2.05) is 29.8 Å². The molecule has 0 saturated heterocycles. The maximum Gasteiger partial charge on any atom is 0.368 e. The number of hydrogen-bond donors (Lipinski definition) is 0. The lowest BCUT2D eigenvalue weighted by atomic mass is 10.1. The lowest BCUT2D eigenvalue weighted by Gasteiger charge is -2.10. The molecule has 4 aromatic rings. The van der Waals surface area contributed by atoms with E-state index in [4.69, 9.17) is 14.6 Å². The zero-order valence-electron chi connectivity index (χ0n) is 16.3. The number of carbonyl (C=O) groups excluding carboxylic acids is 1. The maximum absolute atomic E-state index is 13.0. The molecule has 0 radical (unpaired) electrons. The van der Waals surface area contributed by atoms with Gasteiger partial charge >= 0.3 is 5.97 Å². The van der Waals surface area contributed by atoms with Gasteiger partial charge in [-0.25, -0.2) is 9.78 Å². The minimum absolute atomic E-state index is 0.375. The Hall–Kier alpha value is -3.42. The number of aromatic nitrogens is 5. The van der Waals surface area contributed by atoms with E-state index in [9.17, 15) is 4.79 Å². The third kappa shape index (κ3) is 2.83. The number of imidazole rings is 1. The largest absolute Gasteiger partial charge is 0.494 e. The number of ether oxygens (including phenoxy) is 1. The van der Waals surface area contributed by atoms with Gasteiger partial charge in [-0.2, -0.15) is 0 Å². The fourth-order valence-corrected chi connectivity index (χ4v) is 4.22. The van der Waals surface area contributed by atoms with Crippen molar-refractivity contribution < 1.29 is 14.4 Å². The number of methoxy groups -OCH3 is 1. The van der Waals surface area contributed by atoms with Crippen molar-refractivity contribution in [2.24, 2.45) is 7.05 Å². The quantitative estimate of drug-likeness (QED) is 0.497. The van der Waals surface area contributed by atoms with E-state index in [0.29, 0.717) is 33.8 Å². The summed E-state index contributed by atoms with van der Waals surface area (Å²) in [6.45, 7) is 0. The Bertz CT molecular complexity index is 1220. The van der Waals surface area contributed by atoms with Gasteiger partial charge in [0.2, 0.25) is 0 Å². The van der Waals surface area contributed by atoms with Crippen molar-refractivity contribution in [1.29, 1.82) is 0 Å². The predicted octanol–water partition coefficient (Wildman–Crippen LogP) is 3.25. The molecule has 0 spiro atoms. The molecule has 8 nitrogen and oxygen atoms in total. The molecule has 0 unspecified atom stereocenters. The SMILES string of the molecule is COc1ccc(C(=O)On2nnc3ccccc32)c2nc(C3CCCC3)n(C)c12. The van der Waals surface area contributed by atoms with Gasteiger partial charge in [0.1, 0.15) is 33.6 Å². The van der Waals surface area contributed by atoms with Crippen LogP contribution in [0.5, 0.6) is 5.75 Å². The van der Waals surface area contributed by atoms with E-state index >= 15 is 0 Å². The van der Waals surface area contributed by atoms with E-state index in [0.717, 1.165) is 29.0 Å². The molecule has 2 heterocycles. The molecular weight excluding hydrogens is 370 g/mol. The van der Waals surface area contributed by atoms with Crippen molar-refractivity contribution in [2.45, 2.75) is 31.6 Å². The molecule has 0 aliphatic heterocycles. The van der Waals surface area contributed by atoms with E-state index in [2.05, 4.69) is 10.3 Å². The van der Waals surface area contributed by atoms with E-state index in [1.165, 1.54) is 12.8 Å². The molecule has 0 amide bonds. The van der Waals surface area contributed by atoms with Crippen LogP contribution < -0.4 is 9.57 Å². The van der Waals surface area contributed by atoms with Crippen LogP contribution in [0.4, 0.5) is 0 Å². The standard InChI is InChI=1S/C21H21N5O3/c1-25-19-17(28-2)12-11-14(18(19)22-20(25)13-7-3-4-8-13)21(27)29-26-16-10-6-5-9-15(16)23-24-26/h5-6,9-13H,3-4,7-8H2,1-2H3. The molecular formula is C21H21N5O3. The Morgan fingerprint density at radius 3 is 2.72 bits per heavy atom. The third-order valence-corrected chi connectivity index (χ3v) is 5.67. The van der Waals surface area contributed by atoms with Gasteiger partial charge < -0.3 is 14.1 Å². The van der Waals surface area contributed by atoms with E-state index in [-0.39, 0.29) is 0 Å². The summed E-state index contributed by atoms with van der Waals surface area (Å²) in [7, 11) is 3.60. The number of fused-ring (bicyclic) bond motifs is 2. The average molecular weight is 391 g/mol. The van der Waals surface area contributed by atoms with Gasteiger partial charge in [-0.05, 0) is 42.3 Å². The highest BCUT2D eigenvalue weighted by molar-refractivity contribution is 6.04. The molecule has 29 heavy (non-hydrogen) atoms. The van der Waals surface area contributed by atoms with Crippen LogP contribution >= 0.6 is 0 Å². The summed E-state index contributed by atoms with van der Waals surface area (Å²) >= 11 is 0. The summed E-state index contributed by atoms with van der Waals surface area (Å²) in [4.78, 5) is 24.5. The van der Waals surface area contributed by atoms with Gasteiger partial charge in [-0.15, -0.1) is 5.10 Å². The monoisotopic (exact) mass is 391 g/mol. The maximum atomic E-state index is 13.0. The fraction of sp³-hybridized carbons (Fsp3) is 0.333. The van der Waals surface area contributed by atoms with Crippen molar-refractivity contribution in [2.75, 3.05) is 7.11 Å². The minimum Gasteiger partial charge on any atom is -0.494 e. The second-order valence-corrected chi connectivity index (χ2v) is 7.35. The first-order valence-electron chi connectivity index (χ1n) is 9.74. The van der Waals surface area contributed by atoms with Gasteiger partial charge in [-0.3, -0.25) is 0 Å². The van der Waals surface area contributed by atoms with Gasteiger partial charge in [0.15, 0.2) is 0 Å². The molecule has 2 aromatic carbocycles. The molecule has 8 heteroatoms.